The first-order valence-electron chi connectivity index (χ1n) is 4.55. The summed E-state index contributed by atoms with van der Waals surface area (Å²) < 4.78 is 5.12. The van der Waals surface area contributed by atoms with Crippen LogP contribution in [0.2, 0.25) is 0 Å². The molecule has 0 amide bonds. The highest BCUT2D eigenvalue weighted by molar-refractivity contribution is 5.91. The molecule has 0 fully saturated rings. The molecule has 1 aromatic carbocycles. The molecule has 1 unspecified atom stereocenters. The number of aromatic nitrogens is 1. The Morgan fingerprint density at radius 2 is 2.27 bits per heavy atom. The maximum atomic E-state index is 8.58. The van der Waals surface area contributed by atoms with Crippen LogP contribution in [0.3, 0.4) is 0 Å². The average molecular weight is 205 g/mol. The van der Waals surface area contributed by atoms with E-state index < -0.39 is 0 Å². The van der Waals surface area contributed by atoms with Gasteiger partial charge in [0.1, 0.15) is 11.5 Å². The molecule has 5 heteroatoms. The van der Waals surface area contributed by atoms with Crippen LogP contribution in [-0.4, -0.2) is 16.2 Å². The van der Waals surface area contributed by atoms with Gasteiger partial charge in [-0.2, -0.15) is 0 Å². The molecule has 0 radical (unpaired) electrons. The van der Waals surface area contributed by atoms with Gasteiger partial charge in [-0.1, -0.05) is 22.4 Å². The molecule has 0 saturated heterocycles. The molecule has 0 bridgehead atoms. The summed E-state index contributed by atoms with van der Waals surface area (Å²) in [6, 6.07) is 7.47. The van der Waals surface area contributed by atoms with E-state index in [0.717, 1.165) is 5.39 Å². The van der Waals surface area contributed by atoms with Gasteiger partial charge in [-0.15, -0.1) is 0 Å². The number of amidine groups is 1. The van der Waals surface area contributed by atoms with Crippen molar-refractivity contribution in [2.24, 2.45) is 10.9 Å². The van der Waals surface area contributed by atoms with Crippen molar-refractivity contribution in [3.63, 3.8) is 0 Å². The fraction of sp³-hybridized carbons (Fsp3) is 0.200. The molecule has 15 heavy (non-hydrogen) atoms. The zero-order valence-electron chi connectivity index (χ0n) is 8.21. The summed E-state index contributed by atoms with van der Waals surface area (Å²) in [6.45, 7) is 1.80. The normalized spacial score (nSPS) is 14.3. The topological polar surface area (TPSA) is 84.6 Å². The van der Waals surface area contributed by atoms with Crippen molar-refractivity contribution in [1.29, 1.82) is 0 Å². The van der Waals surface area contributed by atoms with E-state index in [4.69, 9.17) is 15.5 Å². The number of para-hydroxylation sites is 1. The van der Waals surface area contributed by atoms with Crippen LogP contribution < -0.4 is 5.73 Å². The number of hydrogen-bond acceptors (Lipinski definition) is 4. The molecule has 5 nitrogen and oxygen atoms in total. The monoisotopic (exact) mass is 205 g/mol. The molecule has 0 spiro atoms. The van der Waals surface area contributed by atoms with E-state index >= 15 is 0 Å². The van der Waals surface area contributed by atoms with E-state index in [1.54, 1.807) is 6.92 Å². The van der Waals surface area contributed by atoms with Gasteiger partial charge in [-0.25, -0.2) is 0 Å². The molecule has 2 rings (SSSR count). The minimum absolute atomic E-state index is 0.119. The first-order chi connectivity index (χ1) is 7.24. The van der Waals surface area contributed by atoms with Crippen molar-refractivity contribution in [2.75, 3.05) is 0 Å². The second-order valence-electron chi connectivity index (χ2n) is 3.31. The van der Waals surface area contributed by atoms with Crippen LogP contribution in [-0.2, 0) is 0 Å². The first kappa shape index (κ1) is 9.51. The van der Waals surface area contributed by atoms with E-state index in [-0.39, 0.29) is 11.8 Å². The summed E-state index contributed by atoms with van der Waals surface area (Å²) in [4.78, 5) is 0. The number of rotatable bonds is 2. The largest absolute Gasteiger partial charge is 0.409 e. The fourth-order valence-electron chi connectivity index (χ4n) is 1.44. The predicted molar refractivity (Wildman–Crippen MR) is 55.8 cm³/mol. The van der Waals surface area contributed by atoms with Gasteiger partial charge in [0, 0.05) is 5.39 Å². The van der Waals surface area contributed by atoms with Crippen LogP contribution in [0.25, 0.3) is 11.0 Å². The lowest BCUT2D eigenvalue weighted by atomic mass is 10.0. The number of hydrogen-bond donors (Lipinski definition) is 2. The van der Waals surface area contributed by atoms with Crippen LogP contribution in [0, 0.1) is 0 Å². The van der Waals surface area contributed by atoms with Gasteiger partial charge >= 0.3 is 0 Å². The van der Waals surface area contributed by atoms with Crippen molar-refractivity contribution in [2.45, 2.75) is 12.8 Å². The van der Waals surface area contributed by atoms with Gasteiger partial charge in [-0.05, 0) is 19.1 Å². The zero-order valence-corrected chi connectivity index (χ0v) is 8.21. The molecular weight excluding hydrogens is 194 g/mol. The fourth-order valence-corrected chi connectivity index (χ4v) is 1.44. The highest BCUT2D eigenvalue weighted by Gasteiger charge is 2.18. The standard InChI is InChI=1S/C10H11N3O2/c1-6(10(11)12-14)9-7-4-2-3-5-8(7)15-13-9/h2-6,14H,1H3,(H2,11,12). The Bertz CT molecular complexity index is 504. The average Bonchev–Trinajstić information content (AvgIpc) is 2.70. The van der Waals surface area contributed by atoms with Crippen molar-refractivity contribution in [1.82, 2.24) is 5.16 Å². The quantitative estimate of drug-likeness (QED) is 0.338. The Kier molecular flexibility index (Phi) is 2.29. The summed E-state index contributed by atoms with van der Waals surface area (Å²) in [7, 11) is 0. The lowest BCUT2D eigenvalue weighted by molar-refractivity contribution is 0.316. The van der Waals surface area contributed by atoms with E-state index in [2.05, 4.69) is 10.3 Å². The summed E-state index contributed by atoms with van der Waals surface area (Å²) in [5.41, 5.74) is 6.90. The number of benzene rings is 1. The third-order valence-electron chi connectivity index (χ3n) is 2.37. The minimum atomic E-state index is -0.265. The molecule has 1 heterocycles. The molecule has 0 aliphatic rings. The number of fused-ring (bicyclic) bond motifs is 1. The van der Waals surface area contributed by atoms with Gasteiger partial charge < -0.3 is 15.5 Å². The summed E-state index contributed by atoms with van der Waals surface area (Å²) in [5, 5.41) is 16.3. The van der Waals surface area contributed by atoms with Crippen molar-refractivity contribution >= 4 is 16.8 Å². The highest BCUT2D eigenvalue weighted by Crippen LogP contribution is 2.24. The van der Waals surface area contributed by atoms with Gasteiger partial charge in [-0.3, -0.25) is 0 Å². The SMILES string of the molecule is CC(C(N)=NO)c1noc2ccccc12. The minimum Gasteiger partial charge on any atom is -0.409 e. The number of nitrogens with zero attached hydrogens (tertiary/aromatic N) is 2. The van der Waals surface area contributed by atoms with Crippen molar-refractivity contribution in [3.05, 3.63) is 30.0 Å². The third-order valence-corrected chi connectivity index (χ3v) is 2.37. The summed E-state index contributed by atoms with van der Waals surface area (Å²) in [6.07, 6.45) is 0. The lowest BCUT2D eigenvalue weighted by Crippen LogP contribution is -2.19. The molecule has 0 aliphatic carbocycles. The van der Waals surface area contributed by atoms with E-state index in [0.29, 0.717) is 11.3 Å². The zero-order chi connectivity index (χ0) is 10.8. The van der Waals surface area contributed by atoms with Crippen LogP contribution in [0.1, 0.15) is 18.5 Å². The lowest BCUT2D eigenvalue weighted by Gasteiger charge is -2.04. The maximum absolute atomic E-state index is 8.58. The van der Waals surface area contributed by atoms with Gasteiger partial charge in [0.2, 0.25) is 0 Å². The molecular formula is C10H11N3O2. The predicted octanol–water partition coefficient (Wildman–Crippen LogP) is 1.68. The maximum Gasteiger partial charge on any atom is 0.167 e. The molecule has 1 atom stereocenters. The second-order valence-corrected chi connectivity index (χ2v) is 3.31. The van der Waals surface area contributed by atoms with E-state index in [9.17, 15) is 0 Å². The molecule has 3 N–H and O–H groups in total. The Morgan fingerprint density at radius 1 is 1.53 bits per heavy atom. The van der Waals surface area contributed by atoms with Crippen LogP contribution >= 0.6 is 0 Å². The summed E-state index contributed by atoms with van der Waals surface area (Å²) >= 11 is 0. The van der Waals surface area contributed by atoms with Crippen LogP contribution in [0.5, 0.6) is 0 Å². The molecule has 78 valence electrons. The van der Waals surface area contributed by atoms with Gasteiger partial charge in [0.25, 0.3) is 0 Å². The van der Waals surface area contributed by atoms with Gasteiger partial charge in [0.15, 0.2) is 5.58 Å². The van der Waals surface area contributed by atoms with E-state index in [1.807, 2.05) is 24.3 Å². The smallest absolute Gasteiger partial charge is 0.167 e. The van der Waals surface area contributed by atoms with Gasteiger partial charge in [0.05, 0.1) is 5.92 Å². The Hall–Kier alpha value is -2.04. The highest BCUT2D eigenvalue weighted by atomic mass is 16.5. The Morgan fingerprint density at radius 3 is 3.00 bits per heavy atom. The number of oxime groups is 1. The van der Waals surface area contributed by atoms with Crippen molar-refractivity contribution < 1.29 is 9.73 Å². The second kappa shape index (κ2) is 3.61. The van der Waals surface area contributed by atoms with E-state index in [1.165, 1.54) is 0 Å². The molecule has 1 aromatic heterocycles. The Balaban J connectivity index is 2.53. The number of nitrogens with two attached hydrogens (primary N) is 1. The first-order valence-corrected chi connectivity index (χ1v) is 4.55. The van der Waals surface area contributed by atoms with Crippen LogP contribution in [0.15, 0.2) is 33.9 Å². The van der Waals surface area contributed by atoms with Crippen molar-refractivity contribution in [3.8, 4) is 0 Å². The Labute approximate surface area is 86.2 Å². The molecule has 0 aliphatic heterocycles. The third kappa shape index (κ3) is 1.52. The summed E-state index contributed by atoms with van der Waals surface area (Å²) in [5.74, 6) is -0.146. The van der Waals surface area contributed by atoms with Crippen LogP contribution in [0.4, 0.5) is 0 Å². The molecule has 2 aromatic rings. The molecule has 0 saturated carbocycles.